The zero-order chi connectivity index (χ0) is 19.0. The molecular weight excluding hydrogens is 348 g/mol. The van der Waals surface area contributed by atoms with E-state index in [1.807, 2.05) is 30.3 Å². The number of hydrogen-bond donors (Lipinski definition) is 2. The van der Waals surface area contributed by atoms with Crippen LogP contribution in [0, 0.1) is 5.92 Å². The maximum absolute atomic E-state index is 12.8. The first-order chi connectivity index (χ1) is 13.0. The maximum Gasteiger partial charge on any atom is 0.344 e. The van der Waals surface area contributed by atoms with E-state index in [9.17, 15) is 14.4 Å². The van der Waals surface area contributed by atoms with Gasteiger partial charge >= 0.3 is 6.03 Å². The zero-order valence-corrected chi connectivity index (χ0v) is 15.1. The van der Waals surface area contributed by atoms with Crippen molar-refractivity contribution in [3.05, 3.63) is 35.9 Å². The van der Waals surface area contributed by atoms with Gasteiger partial charge in [0.1, 0.15) is 5.54 Å². The maximum atomic E-state index is 12.8. The van der Waals surface area contributed by atoms with Crippen molar-refractivity contribution >= 4 is 23.6 Å². The van der Waals surface area contributed by atoms with E-state index >= 15 is 0 Å². The summed E-state index contributed by atoms with van der Waals surface area (Å²) in [5.74, 6) is -0.464. The zero-order valence-electron chi connectivity index (χ0n) is 15.1. The molecule has 0 aromatic heterocycles. The largest absolute Gasteiger partial charge is 0.387 e. The molecule has 3 aliphatic rings. The molecule has 1 unspecified atom stereocenters. The first-order valence-corrected chi connectivity index (χ1v) is 9.24. The molecule has 1 saturated carbocycles. The molecule has 1 aromatic carbocycles. The fraction of sp³-hybridized carbons (Fsp3) is 0.474. The van der Waals surface area contributed by atoms with Crippen molar-refractivity contribution in [3.8, 4) is 0 Å². The summed E-state index contributed by atoms with van der Waals surface area (Å²) in [6, 6.07) is 8.86. The molecule has 2 N–H and O–H groups in total. The number of hydrogen-bond acceptors (Lipinski definition) is 5. The number of benzene rings is 1. The molecule has 1 aliphatic carbocycles. The fourth-order valence-electron chi connectivity index (χ4n) is 3.84. The molecular formula is C19H22N4O4. The van der Waals surface area contributed by atoms with Gasteiger partial charge in [0.05, 0.1) is 0 Å². The third-order valence-electron chi connectivity index (χ3n) is 5.61. The van der Waals surface area contributed by atoms with Gasteiger partial charge in [0.2, 0.25) is 0 Å². The molecule has 1 spiro atoms. The van der Waals surface area contributed by atoms with Crippen LogP contribution < -0.4 is 10.7 Å². The SMILES string of the molecule is CC1CCC2(CC1)NC(=O)N(NC(=O)C1=NOC(c3ccccc3)C1)C2=O. The minimum absolute atomic E-state index is 0.155. The number of nitrogens with one attached hydrogen (secondary N) is 2. The van der Waals surface area contributed by atoms with E-state index in [2.05, 4.69) is 22.8 Å². The minimum atomic E-state index is -0.891. The monoisotopic (exact) mass is 370 g/mol. The highest BCUT2D eigenvalue weighted by Gasteiger charge is 2.53. The van der Waals surface area contributed by atoms with Gasteiger partial charge in [-0.3, -0.25) is 15.0 Å². The summed E-state index contributed by atoms with van der Waals surface area (Å²) in [5.41, 5.74) is 2.57. The van der Waals surface area contributed by atoms with Crippen molar-refractivity contribution < 1.29 is 19.2 Å². The third kappa shape index (κ3) is 3.15. The van der Waals surface area contributed by atoms with Gasteiger partial charge in [0.15, 0.2) is 11.8 Å². The first kappa shape index (κ1) is 17.5. The van der Waals surface area contributed by atoms with E-state index in [-0.39, 0.29) is 18.2 Å². The topological polar surface area (TPSA) is 100 Å². The van der Waals surface area contributed by atoms with Crippen molar-refractivity contribution in [2.45, 2.75) is 50.7 Å². The molecule has 1 aromatic rings. The molecule has 27 heavy (non-hydrogen) atoms. The predicted octanol–water partition coefficient (Wildman–Crippen LogP) is 2.04. The Bertz CT molecular complexity index is 799. The van der Waals surface area contributed by atoms with Crippen LogP contribution in [0.25, 0.3) is 0 Å². The Morgan fingerprint density at radius 3 is 2.67 bits per heavy atom. The highest BCUT2D eigenvalue weighted by Crippen LogP contribution is 2.36. The highest BCUT2D eigenvalue weighted by atomic mass is 16.6. The van der Waals surface area contributed by atoms with Gasteiger partial charge in [-0.25, -0.2) is 4.79 Å². The Kier molecular flexibility index (Phi) is 4.33. The Morgan fingerprint density at radius 2 is 1.96 bits per heavy atom. The summed E-state index contributed by atoms with van der Waals surface area (Å²) in [7, 11) is 0. The van der Waals surface area contributed by atoms with Crippen LogP contribution in [0.1, 0.15) is 50.7 Å². The van der Waals surface area contributed by atoms with E-state index in [0.29, 0.717) is 18.8 Å². The number of urea groups is 1. The molecule has 2 aliphatic heterocycles. The highest BCUT2D eigenvalue weighted by molar-refractivity contribution is 6.39. The van der Waals surface area contributed by atoms with Gasteiger partial charge < -0.3 is 10.2 Å². The van der Waals surface area contributed by atoms with Crippen molar-refractivity contribution in [1.82, 2.24) is 15.8 Å². The van der Waals surface area contributed by atoms with Gasteiger partial charge in [0.25, 0.3) is 11.8 Å². The second-order valence-corrected chi connectivity index (χ2v) is 7.52. The molecule has 4 rings (SSSR count). The van der Waals surface area contributed by atoms with E-state index < -0.39 is 23.4 Å². The molecule has 1 saturated heterocycles. The number of rotatable bonds is 3. The second-order valence-electron chi connectivity index (χ2n) is 7.52. The van der Waals surface area contributed by atoms with Crippen LogP contribution in [0.5, 0.6) is 0 Å². The molecule has 4 amide bonds. The second kappa shape index (κ2) is 6.68. The average molecular weight is 370 g/mol. The minimum Gasteiger partial charge on any atom is -0.387 e. The van der Waals surface area contributed by atoms with Crippen LogP contribution in [0.3, 0.4) is 0 Å². The van der Waals surface area contributed by atoms with Gasteiger partial charge in [0, 0.05) is 6.42 Å². The van der Waals surface area contributed by atoms with Crippen molar-refractivity contribution in [1.29, 1.82) is 0 Å². The van der Waals surface area contributed by atoms with Crippen molar-refractivity contribution in [2.75, 3.05) is 0 Å². The Hall–Kier alpha value is -2.90. The average Bonchev–Trinajstić information content (AvgIpc) is 3.25. The summed E-state index contributed by atoms with van der Waals surface area (Å²) in [6.07, 6.45) is 2.85. The number of hydrazine groups is 1. The standard InChI is InChI=1S/C19H22N4O4/c1-12-7-9-19(10-8-12)17(25)23(18(26)20-19)21-16(24)14-11-15(27-22-14)13-5-3-2-4-6-13/h2-6,12,15H,7-11H2,1H3,(H,20,26)(H,21,24). The first-order valence-electron chi connectivity index (χ1n) is 9.24. The number of nitrogens with zero attached hydrogens (tertiary/aromatic N) is 2. The van der Waals surface area contributed by atoms with E-state index in [0.717, 1.165) is 23.4 Å². The number of oxime groups is 1. The summed E-state index contributed by atoms with van der Waals surface area (Å²) >= 11 is 0. The van der Waals surface area contributed by atoms with E-state index in [1.54, 1.807) is 0 Å². The normalized spacial score (nSPS) is 30.1. The lowest BCUT2D eigenvalue weighted by atomic mass is 9.77. The molecule has 0 radical (unpaired) electrons. The molecule has 8 heteroatoms. The Balaban J connectivity index is 1.40. The molecule has 2 heterocycles. The Morgan fingerprint density at radius 1 is 1.26 bits per heavy atom. The lowest BCUT2D eigenvalue weighted by molar-refractivity contribution is -0.138. The smallest absolute Gasteiger partial charge is 0.344 e. The molecule has 8 nitrogen and oxygen atoms in total. The van der Waals surface area contributed by atoms with Gasteiger partial charge in [-0.2, -0.15) is 5.01 Å². The summed E-state index contributed by atoms with van der Waals surface area (Å²) < 4.78 is 0. The van der Waals surface area contributed by atoms with Crippen LogP contribution in [0.15, 0.2) is 35.5 Å². The lowest BCUT2D eigenvalue weighted by Gasteiger charge is -2.33. The molecule has 0 bridgehead atoms. The van der Waals surface area contributed by atoms with Gasteiger partial charge in [-0.1, -0.05) is 42.4 Å². The Labute approximate surface area is 156 Å². The molecule has 2 fully saturated rings. The predicted molar refractivity (Wildman–Crippen MR) is 96.2 cm³/mol. The fourth-order valence-corrected chi connectivity index (χ4v) is 3.84. The van der Waals surface area contributed by atoms with Crippen molar-refractivity contribution in [3.63, 3.8) is 0 Å². The summed E-state index contributed by atoms with van der Waals surface area (Å²) in [4.78, 5) is 42.9. The number of carbonyl (C=O) groups is 3. The number of amides is 4. The summed E-state index contributed by atoms with van der Waals surface area (Å²) in [6.45, 7) is 2.13. The van der Waals surface area contributed by atoms with Crippen LogP contribution in [-0.2, 0) is 14.4 Å². The van der Waals surface area contributed by atoms with Crippen LogP contribution in [-0.4, -0.2) is 34.1 Å². The molecule has 1 atom stereocenters. The quantitative estimate of drug-likeness (QED) is 0.795. The summed E-state index contributed by atoms with van der Waals surface area (Å²) in [5, 5.41) is 7.39. The van der Waals surface area contributed by atoms with Crippen molar-refractivity contribution in [2.24, 2.45) is 11.1 Å². The van der Waals surface area contributed by atoms with Gasteiger partial charge in [-0.05, 0) is 37.2 Å². The number of imide groups is 1. The van der Waals surface area contributed by atoms with E-state index in [1.165, 1.54) is 0 Å². The number of carbonyl (C=O) groups excluding carboxylic acids is 3. The van der Waals surface area contributed by atoms with E-state index in [4.69, 9.17) is 4.84 Å². The van der Waals surface area contributed by atoms with Gasteiger partial charge in [-0.15, -0.1) is 0 Å². The lowest BCUT2D eigenvalue weighted by Crippen LogP contribution is -2.52. The third-order valence-corrected chi connectivity index (χ3v) is 5.61. The van der Waals surface area contributed by atoms with Crippen LogP contribution in [0.2, 0.25) is 0 Å². The van der Waals surface area contributed by atoms with Crippen LogP contribution >= 0.6 is 0 Å². The molecule has 142 valence electrons. The van der Waals surface area contributed by atoms with Crippen LogP contribution in [0.4, 0.5) is 4.79 Å².